The minimum Gasteiger partial charge on any atom is -0.508 e. The lowest BCUT2D eigenvalue weighted by molar-refractivity contribution is -0.133. The molecule has 1 heterocycles. The van der Waals surface area contributed by atoms with Gasteiger partial charge in [0.15, 0.2) is 0 Å². The molecule has 3 nitrogen and oxygen atoms in total. The Morgan fingerprint density at radius 2 is 1.92 bits per heavy atom. The minimum atomic E-state index is -0.300. The monoisotopic (exact) mass is 176 g/mol. The van der Waals surface area contributed by atoms with Crippen molar-refractivity contribution in [3.63, 3.8) is 0 Å². The second-order valence-electron chi connectivity index (χ2n) is 2.76. The quantitative estimate of drug-likeness (QED) is 0.656. The smallest absolute Gasteiger partial charge is 0.338 e. The van der Waals surface area contributed by atoms with Crippen molar-refractivity contribution in [1.29, 1.82) is 0 Å². The Morgan fingerprint density at radius 3 is 2.46 bits per heavy atom. The van der Waals surface area contributed by atoms with Gasteiger partial charge in [-0.3, -0.25) is 0 Å². The lowest BCUT2D eigenvalue weighted by atomic mass is 10.1. The molecule has 2 rings (SSSR count). The predicted octanol–water partition coefficient (Wildman–Crippen LogP) is 1.33. The molecule has 1 aromatic carbocycles. The van der Waals surface area contributed by atoms with Crippen LogP contribution in [0.1, 0.15) is 5.56 Å². The van der Waals surface area contributed by atoms with Crippen molar-refractivity contribution in [2.75, 3.05) is 6.61 Å². The molecule has 0 aromatic heterocycles. The highest BCUT2D eigenvalue weighted by Crippen LogP contribution is 2.21. The molecule has 13 heavy (non-hydrogen) atoms. The third-order valence-corrected chi connectivity index (χ3v) is 1.90. The van der Waals surface area contributed by atoms with Crippen LogP contribution in [0.15, 0.2) is 30.3 Å². The molecule has 0 amide bonds. The fourth-order valence-electron chi connectivity index (χ4n) is 1.24. The number of phenolic OH excluding ortho intramolecular Hbond substituents is 1. The maximum Gasteiger partial charge on any atom is 0.338 e. The van der Waals surface area contributed by atoms with Crippen LogP contribution >= 0.6 is 0 Å². The molecule has 0 saturated heterocycles. The maximum atomic E-state index is 11.1. The van der Waals surface area contributed by atoms with E-state index in [4.69, 9.17) is 9.84 Å². The predicted molar refractivity (Wildman–Crippen MR) is 47.0 cm³/mol. The van der Waals surface area contributed by atoms with Gasteiger partial charge in [0.25, 0.3) is 0 Å². The standard InChI is InChI=1S/C10H8O3/c11-8-3-1-7(2-4-8)9-5-6-13-10(9)12/h1-5,11H,6H2. The number of esters is 1. The summed E-state index contributed by atoms with van der Waals surface area (Å²) in [6, 6.07) is 6.46. The number of aromatic hydroxyl groups is 1. The lowest BCUT2D eigenvalue weighted by Gasteiger charge is -1.99. The van der Waals surface area contributed by atoms with E-state index in [1.807, 2.05) is 0 Å². The van der Waals surface area contributed by atoms with Crippen molar-refractivity contribution in [1.82, 2.24) is 0 Å². The van der Waals surface area contributed by atoms with Crippen LogP contribution in [0.2, 0.25) is 0 Å². The minimum absolute atomic E-state index is 0.190. The lowest BCUT2D eigenvalue weighted by Crippen LogP contribution is -1.98. The third-order valence-electron chi connectivity index (χ3n) is 1.90. The number of hydrogen-bond donors (Lipinski definition) is 1. The Labute approximate surface area is 75.3 Å². The van der Waals surface area contributed by atoms with E-state index in [-0.39, 0.29) is 11.7 Å². The van der Waals surface area contributed by atoms with Crippen LogP contribution in [0.3, 0.4) is 0 Å². The third kappa shape index (κ3) is 1.40. The zero-order valence-electron chi connectivity index (χ0n) is 6.86. The average Bonchev–Trinajstić information content (AvgIpc) is 2.53. The first-order valence-electron chi connectivity index (χ1n) is 3.94. The number of phenols is 1. The number of carbonyl (C=O) groups excluding carboxylic acids is 1. The van der Waals surface area contributed by atoms with Crippen molar-refractivity contribution in [3.8, 4) is 5.75 Å². The van der Waals surface area contributed by atoms with Crippen LogP contribution in [0.4, 0.5) is 0 Å². The highest BCUT2D eigenvalue weighted by molar-refractivity contribution is 6.18. The second-order valence-corrected chi connectivity index (χ2v) is 2.76. The molecule has 1 N–H and O–H groups in total. The number of benzene rings is 1. The summed E-state index contributed by atoms with van der Waals surface area (Å²) in [6.45, 7) is 0.342. The molecule has 1 aromatic rings. The van der Waals surface area contributed by atoms with E-state index in [2.05, 4.69) is 0 Å². The molecule has 0 fully saturated rings. The maximum absolute atomic E-state index is 11.1. The summed E-state index contributed by atoms with van der Waals surface area (Å²) in [5.74, 6) is -0.110. The molecular formula is C10H8O3. The van der Waals surface area contributed by atoms with Crippen molar-refractivity contribution >= 4 is 11.5 Å². The first kappa shape index (κ1) is 7.86. The van der Waals surface area contributed by atoms with Crippen LogP contribution in [0.25, 0.3) is 5.57 Å². The van der Waals surface area contributed by atoms with E-state index in [0.717, 1.165) is 5.56 Å². The zero-order chi connectivity index (χ0) is 9.26. The molecule has 0 bridgehead atoms. The summed E-state index contributed by atoms with van der Waals surface area (Å²) >= 11 is 0. The molecule has 66 valence electrons. The average molecular weight is 176 g/mol. The van der Waals surface area contributed by atoms with Crippen molar-refractivity contribution < 1.29 is 14.6 Å². The molecule has 0 saturated carbocycles. The number of rotatable bonds is 1. The van der Waals surface area contributed by atoms with Gasteiger partial charge in [-0.15, -0.1) is 0 Å². The fourth-order valence-corrected chi connectivity index (χ4v) is 1.24. The number of hydrogen-bond acceptors (Lipinski definition) is 3. The summed E-state index contributed by atoms with van der Waals surface area (Å²) in [4.78, 5) is 11.1. The van der Waals surface area contributed by atoms with E-state index in [1.54, 1.807) is 30.3 Å². The summed E-state index contributed by atoms with van der Waals surface area (Å²) < 4.78 is 4.76. The van der Waals surface area contributed by atoms with Gasteiger partial charge in [0.05, 0.1) is 5.57 Å². The first-order valence-corrected chi connectivity index (χ1v) is 3.94. The summed E-state index contributed by atoms with van der Waals surface area (Å²) in [7, 11) is 0. The largest absolute Gasteiger partial charge is 0.508 e. The Morgan fingerprint density at radius 1 is 1.23 bits per heavy atom. The Balaban J connectivity index is 2.36. The van der Waals surface area contributed by atoms with Crippen LogP contribution in [-0.4, -0.2) is 17.7 Å². The van der Waals surface area contributed by atoms with Gasteiger partial charge in [-0.1, -0.05) is 12.1 Å². The molecule has 0 aliphatic carbocycles. The van der Waals surface area contributed by atoms with Crippen LogP contribution in [0.5, 0.6) is 5.75 Å². The summed E-state index contributed by atoms with van der Waals surface area (Å²) in [5, 5.41) is 9.03. The van der Waals surface area contributed by atoms with E-state index >= 15 is 0 Å². The van der Waals surface area contributed by atoms with Gasteiger partial charge in [0.2, 0.25) is 0 Å². The number of ether oxygens (including phenoxy) is 1. The van der Waals surface area contributed by atoms with Gasteiger partial charge < -0.3 is 9.84 Å². The molecular weight excluding hydrogens is 168 g/mol. The molecule has 0 radical (unpaired) electrons. The van der Waals surface area contributed by atoms with Gasteiger partial charge in [-0.2, -0.15) is 0 Å². The van der Waals surface area contributed by atoms with Crippen molar-refractivity contribution in [2.45, 2.75) is 0 Å². The van der Waals surface area contributed by atoms with Crippen LogP contribution in [-0.2, 0) is 9.53 Å². The zero-order valence-corrected chi connectivity index (χ0v) is 6.86. The van der Waals surface area contributed by atoms with Gasteiger partial charge >= 0.3 is 5.97 Å². The van der Waals surface area contributed by atoms with Gasteiger partial charge in [0.1, 0.15) is 12.4 Å². The van der Waals surface area contributed by atoms with E-state index in [0.29, 0.717) is 12.2 Å². The van der Waals surface area contributed by atoms with Crippen molar-refractivity contribution in [2.24, 2.45) is 0 Å². The second kappa shape index (κ2) is 2.94. The molecule has 1 aliphatic heterocycles. The molecule has 1 aliphatic rings. The highest BCUT2D eigenvalue weighted by Gasteiger charge is 2.17. The fraction of sp³-hybridized carbons (Fsp3) is 0.100. The van der Waals surface area contributed by atoms with E-state index in [1.165, 1.54) is 0 Å². The number of cyclic esters (lactones) is 1. The molecule has 0 spiro atoms. The topological polar surface area (TPSA) is 46.5 Å². The van der Waals surface area contributed by atoms with Gasteiger partial charge in [0, 0.05) is 0 Å². The first-order chi connectivity index (χ1) is 6.27. The molecule has 3 heteroatoms. The SMILES string of the molecule is O=C1OCC=C1c1ccc(O)cc1. The van der Waals surface area contributed by atoms with Crippen LogP contribution < -0.4 is 0 Å². The normalized spacial score (nSPS) is 15.4. The molecule has 0 unspecified atom stereocenters. The Bertz CT molecular complexity index is 362. The highest BCUT2D eigenvalue weighted by atomic mass is 16.5. The van der Waals surface area contributed by atoms with Gasteiger partial charge in [-0.25, -0.2) is 4.79 Å². The van der Waals surface area contributed by atoms with E-state index in [9.17, 15) is 4.79 Å². The van der Waals surface area contributed by atoms with Gasteiger partial charge in [-0.05, 0) is 23.8 Å². The summed E-state index contributed by atoms with van der Waals surface area (Å²) in [6.07, 6.45) is 1.73. The summed E-state index contributed by atoms with van der Waals surface area (Å²) in [5.41, 5.74) is 1.35. The van der Waals surface area contributed by atoms with Crippen LogP contribution in [0, 0.1) is 0 Å². The Hall–Kier alpha value is -1.77. The van der Waals surface area contributed by atoms with Crippen molar-refractivity contribution in [3.05, 3.63) is 35.9 Å². The van der Waals surface area contributed by atoms with E-state index < -0.39 is 0 Å². The Kier molecular flexibility index (Phi) is 1.77. The molecule has 0 atom stereocenters. The number of carbonyl (C=O) groups is 1.